The molecule has 1 heterocycles. The van der Waals surface area contributed by atoms with Crippen LogP contribution in [0, 0.1) is 5.82 Å². The third-order valence-corrected chi connectivity index (χ3v) is 4.90. The molecular weight excluding hydrogens is 401 g/mol. The second-order valence-electron chi connectivity index (χ2n) is 7.10. The van der Waals surface area contributed by atoms with E-state index in [-0.39, 0.29) is 13.2 Å². The molecule has 0 radical (unpaired) electrons. The minimum atomic E-state index is -0.679. The number of urea groups is 1. The number of halogens is 1. The number of amides is 2. The van der Waals surface area contributed by atoms with Gasteiger partial charge in [0.05, 0.1) is 30.2 Å². The zero-order chi connectivity index (χ0) is 22.2. The van der Waals surface area contributed by atoms with Gasteiger partial charge >= 0.3 is 6.03 Å². The Morgan fingerprint density at radius 3 is 2.61 bits per heavy atom. The van der Waals surface area contributed by atoms with E-state index in [9.17, 15) is 14.3 Å². The molecule has 0 aliphatic rings. The second kappa shape index (κ2) is 10.6. The monoisotopic (exact) mass is 427 g/mol. The molecule has 31 heavy (non-hydrogen) atoms. The number of benzene rings is 2. The number of rotatable bonds is 9. The summed E-state index contributed by atoms with van der Waals surface area (Å²) in [6, 6.07) is 10.0. The summed E-state index contributed by atoms with van der Waals surface area (Å²) < 4.78 is 13.2. The Morgan fingerprint density at radius 2 is 1.97 bits per heavy atom. The summed E-state index contributed by atoms with van der Waals surface area (Å²) in [6.07, 6.45) is 4.07. The minimum Gasteiger partial charge on any atom is -0.396 e. The first-order valence-electron chi connectivity index (χ1n) is 9.91. The first kappa shape index (κ1) is 22.3. The molecule has 164 valence electrons. The lowest BCUT2D eigenvalue weighted by Crippen LogP contribution is -2.35. The van der Waals surface area contributed by atoms with E-state index in [1.165, 1.54) is 24.3 Å². The number of anilines is 2. The molecule has 0 fully saturated rings. The maximum absolute atomic E-state index is 13.2. The van der Waals surface area contributed by atoms with Crippen LogP contribution in [0.15, 0.2) is 54.9 Å². The van der Waals surface area contributed by atoms with Gasteiger partial charge in [0.2, 0.25) is 0 Å². The second-order valence-corrected chi connectivity index (χ2v) is 7.10. The summed E-state index contributed by atoms with van der Waals surface area (Å²) in [5.74, 6) is -0.391. The van der Waals surface area contributed by atoms with Crippen LogP contribution in [0.4, 0.5) is 20.6 Å². The zero-order valence-corrected chi connectivity index (χ0v) is 17.2. The first-order chi connectivity index (χ1) is 15.0. The van der Waals surface area contributed by atoms with Crippen molar-refractivity contribution in [1.29, 1.82) is 0 Å². The van der Waals surface area contributed by atoms with Crippen LogP contribution < -0.4 is 15.5 Å². The fourth-order valence-corrected chi connectivity index (χ4v) is 3.22. The number of nitrogens with one attached hydrogen (secondary N) is 3. The molecule has 0 saturated carbocycles. The van der Waals surface area contributed by atoms with E-state index in [2.05, 4.69) is 20.8 Å². The molecular formula is C22H26FN5O3. The summed E-state index contributed by atoms with van der Waals surface area (Å²) >= 11 is 0. The van der Waals surface area contributed by atoms with Crippen LogP contribution >= 0.6 is 0 Å². The van der Waals surface area contributed by atoms with E-state index >= 15 is 0 Å². The number of aromatic amines is 1. The molecule has 1 unspecified atom stereocenters. The van der Waals surface area contributed by atoms with Crippen molar-refractivity contribution >= 4 is 17.4 Å². The van der Waals surface area contributed by atoms with Crippen LogP contribution in [0.25, 0.3) is 11.1 Å². The summed E-state index contributed by atoms with van der Waals surface area (Å²) in [5.41, 5.74) is 3.76. The van der Waals surface area contributed by atoms with Crippen molar-refractivity contribution in [2.45, 2.75) is 12.5 Å². The molecule has 0 aliphatic carbocycles. The Morgan fingerprint density at radius 1 is 1.19 bits per heavy atom. The van der Waals surface area contributed by atoms with Gasteiger partial charge in [-0.15, -0.1) is 0 Å². The molecule has 0 saturated heterocycles. The van der Waals surface area contributed by atoms with Gasteiger partial charge in [-0.3, -0.25) is 5.10 Å². The van der Waals surface area contributed by atoms with Crippen LogP contribution in [0.1, 0.15) is 18.0 Å². The summed E-state index contributed by atoms with van der Waals surface area (Å²) in [7, 11) is 1.88. The number of carbonyl (C=O) groups excluding carboxylic acids is 1. The van der Waals surface area contributed by atoms with Gasteiger partial charge in [0.1, 0.15) is 5.82 Å². The van der Waals surface area contributed by atoms with E-state index in [4.69, 9.17) is 5.11 Å². The standard InChI is InChI=1S/C22H26FN5O3/c1-28(9-2-10-29)21-11-16(17-12-24-25-13-17)5-8-19(21)26-22(31)27-20(14-30)15-3-6-18(23)7-4-15/h3-8,11-13,20,29-30H,2,9-10,14H2,1H3,(H,24,25)(H2,26,27,31). The van der Waals surface area contributed by atoms with Crippen LogP contribution in [0.2, 0.25) is 0 Å². The number of H-pyrrole nitrogens is 1. The molecule has 1 aromatic heterocycles. The fourth-order valence-electron chi connectivity index (χ4n) is 3.22. The van der Waals surface area contributed by atoms with E-state index in [1.807, 2.05) is 24.1 Å². The van der Waals surface area contributed by atoms with Gasteiger partial charge in [0, 0.05) is 32.0 Å². The number of nitrogens with zero attached hydrogens (tertiary/aromatic N) is 2. The molecule has 1 atom stereocenters. The molecule has 3 rings (SSSR count). The van der Waals surface area contributed by atoms with Gasteiger partial charge in [-0.1, -0.05) is 18.2 Å². The average Bonchev–Trinajstić information content (AvgIpc) is 3.31. The molecule has 2 amide bonds. The summed E-state index contributed by atoms with van der Waals surface area (Å²) in [5, 5.41) is 31.1. The fraction of sp³-hybridized carbons (Fsp3) is 0.273. The first-order valence-corrected chi connectivity index (χ1v) is 9.91. The third kappa shape index (κ3) is 5.80. The van der Waals surface area contributed by atoms with Crippen molar-refractivity contribution in [1.82, 2.24) is 15.5 Å². The average molecular weight is 427 g/mol. The van der Waals surface area contributed by atoms with Crippen molar-refractivity contribution in [3.63, 3.8) is 0 Å². The highest BCUT2D eigenvalue weighted by Gasteiger charge is 2.17. The molecule has 0 aliphatic heterocycles. The lowest BCUT2D eigenvalue weighted by atomic mass is 10.1. The van der Waals surface area contributed by atoms with Gasteiger partial charge in [-0.05, 0) is 41.8 Å². The Balaban J connectivity index is 1.79. The smallest absolute Gasteiger partial charge is 0.319 e. The Bertz CT molecular complexity index is 979. The molecule has 5 N–H and O–H groups in total. The van der Waals surface area contributed by atoms with Crippen molar-refractivity contribution < 1.29 is 19.4 Å². The highest BCUT2D eigenvalue weighted by Crippen LogP contribution is 2.31. The lowest BCUT2D eigenvalue weighted by Gasteiger charge is -2.24. The van der Waals surface area contributed by atoms with Gasteiger partial charge in [0.15, 0.2) is 0 Å². The quantitative estimate of drug-likeness (QED) is 0.360. The van der Waals surface area contributed by atoms with Gasteiger partial charge < -0.3 is 25.7 Å². The van der Waals surface area contributed by atoms with Crippen LogP contribution in [0.5, 0.6) is 0 Å². The molecule has 9 heteroatoms. The van der Waals surface area contributed by atoms with Crippen LogP contribution in [0.3, 0.4) is 0 Å². The topological polar surface area (TPSA) is 114 Å². The molecule has 2 aromatic carbocycles. The maximum atomic E-state index is 13.2. The Hall–Kier alpha value is -3.43. The van der Waals surface area contributed by atoms with Gasteiger partial charge in [-0.2, -0.15) is 5.10 Å². The molecule has 0 bridgehead atoms. The van der Waals surface area contributed by atoms with E-state index in [0.717, 1.165) is 16.8 Å². The summed E-state index contributed by atoms with van der Waals surface area (Å²) in [4.78, 5) is 14.6. The highest BCUT2D eigenvalue weighted by molar-refractivity contribution is 5.94. The normalized spacial score (nSPS) is 11.7. The maximum Gasteiger partial charge on any atom is 0.319 e. The summed E-state index contributed by atoms with van der Waals surface area (Å²) in [6.45, 7) is 0.323. The lowest BCUT2D eigenvalue weighted by molar-refractivity contribution is 0.225. The number of aliphatic hydroxyl groups is 2. The number of aliphatic hydroxyl groups excluding tert-OH is 2. The number of carbonyl (C=O) groups is 1. The largest absolute Gasteiger partial charge is 0.396 e. The number of hydrogen-bond donors (Lipinski definition) is 5. The predicted octanol–water partition coefficient (Wildman–Crippen LogP) is 2.89. The third-order valence-electron chi connectivity index (χ3n) is 4.90. The van der Waals surface area contributed by atoms with Crippen molar-refractivity contribution in [3.05, 3.63) is 66.2 Å². The minimum absolute atomic E-state index is 0.0604. The van der Waals surface area contributed by atoms with Crippen LogP contribution in [-0.4, -0.2) is 53.2 Å². The van der Waals surface area contributed by atoms with Crippen molar-refractivity contribution in [2.24, 2.45) is 0 Å². The van der Waals surface area contributed by atoms with Crippen molar-refractivity contribution in [2.75, 3.05) is 37.0 Å². The Kier molecular flexibility index (Phi) is 7.58. The van der Waals surface area contributed by atoms with Crippen LogP contribution in [-0.2, 0) is 0 Å². The van der Waals surface area contributed by atoms with E-state index in [1.54, 1.807) is 18.5 Å². The van der Waals surface area contributed by atoms with E-state index < -0.39 is 17.9 Å². The molecule has 0 spiro atoms. The molecule has 3 aromatic rings. The SMILES string of the molecule is CN(CCCO)c1cc(-c2cn[nH]c2)ccc1NC(=O)NC(CO)c1ccc(F)cc1. The zero-order valence-electron chi connectivity index (χ0n) is 17.2. The van der Waals surface area contributed by atoms with E-state index in [0.29, 0.717) is 24.2 Å². The number of hydrogen-bond acceptors (Lipinski definition) is 5. The molecule has 8 nitrogen and oxygen atoms in total. The van der Waals surface area contributed by atoms with Crippen molar-refractivity contribution in [3.8, 4) is 11.1 Å². The number of aromatic nitrogens is 2. The van der Waals surface area contributed by atoms with Gasteiger partial charge in [0.25, 0.3) is 0 Å². The highest BCUT2D eigenvalue weighted by atomic mass is 19.1. The predicted molar refractivity (Wildman–Crippen MR) is 117 cm³/mol. The Labute approximate surface area is 179 Å². The van der Waals surface area contributed by atoms with Gasteiger partial charge in [-0.25, -0.2) is 9.18 Å².